The van der Waals surface area contributed by atoms with Crippen molar-refractivity contribution in [3.63, 3.8) is 0 Å². The highest BCUT2D eigenvalue weighted by atomic mass is 35.6. The van der Waals surface area contributed by atoms with Crippen molar-refractivity contribution in [3.05, 3.63) is 35.1 Å². The average molecular weight is 383 g/mol. The number of rotatable bonds is 2. The number of carbonyl (C=O) groups is 1. The molecule has 0 saturated carbocycles. The molecule has 1 saturated heterocycles. The van der Waals surface area contributed by atoms with Gasteiger partial charge in [-0.05, 0) is 31.2 Å². The first-order valence-electron chi connectivity index (χ1n) is 7.25. The summed E-state index contributed by atoms with van der Waals surface area (Å²) >= 11 is 18.0. The number of carbonyl (C=O) groups excluding carboxylic acids is 1. The summed E-state index contributed by atoms with van der Waals surface area (Å²) in [5, 5.41) is 2.71. The number of hydrogen-bond acceptors (Lipinski definition) is 2. The summed E-state index contributed by atoms with van der Waals surface area (Å²) in [5.41, 5.74) is 0.901. The molecular weight excluding hydrogens is 364 g/mol. The summed E-state index contributed by atoms with van der Waals surface area (Å²) in [6, 6.07) is 3.27. The van der Waals surface area contributed by atoms with Gasteiger partial charge < -0.3 is 15.1 Å². The Morgan fingerprint density at radius 3 is 2.39 bits per heavy atom. The molecule has 8 heteroatoms. The molecular formula is C15H19Cl3FN3O. The molecule has 2 rings (SSSR count). The number of nitrogens with zero attached hydrogens (tertiary/aromatic N) is 2. The van der Waals surface area contributed by atoms with Crippen LogP contribution in [0.2, 0.25) is 0 Å². The second kappa shape index (κ2) is 7.43. The molecule has 128 valence electrons. The lowest BCUT2D eigenvalue weighted by atomic mass is 10.1. The maximum Gasteiger partial charge on any atom is 0.318 e. The molecule has 1 atom stereocenters. The van der Waals surface area contributed by atoms with Crippen molar-refractivity contribution in [3.8, 4) is 0 Å². The summed E-state index contributed by atoms with van der Waals surface area (Å²) in [4.78, 5) is 16.2. The first-order chi connectivity index (χ1) is 10.7. The van der Waals surface area contributed by atoms with Crippen molar-refractivity contribution in [2.24, 2.45) is 0 Å². The molecule has 4 nitrogen and oxygen atoms in total. The van der Waals surface area contributed by atoms with Crippen LogP contribution in [0.4, 0.5) is 9.18 Å². The maximum absolute atomic E-state index is 13.8. The van der Waals surface area contributed by atoms with Crippen LogP contribution in [0.5, 0.6) is 0 Å². The van der Waals surface area contributed by atoms with Crippen molar-refractivity contribution in [2.75, 3.05) is 33.2 Å². The fraction of sp³-hybridized carbons (Fsp3) is 0.533. The van der Waals surface area contributed by atoms with E-state index in [4.69, 9.17) is 34.8 Å². The molecule has 23 heavy (non-hydrogen) atoms. The Morgan fingerprint density at radius 1 is 1.26 bits per heavy atom. The summed E-state index contributed by atoms with van der Waals surface area (Å²) in [5.74, 6) is -0.407. The molecule has 0 aliphatic carbocycles. The minimum Gasteiger partial charge on any atom is -0.327 e. The number of urea groups is 1. The number of amides is 2. The lowest BCUT2D eigenvalue weighted by Gasteiger charge is -2.35. The minimum absolute atomic E-state index is 0.324. The molecule has 0 spiro atoms. The van der Waals surface area contributed by atoms with Crippen LogP contribution in [0, 0.1) is 12.7 Å². The van der Waals surface area contributed by atoms with Gasteiger partial charge in [-0.3, -0.25) is 0 Å². The fourth-order valence-corrected chi connectivity index (χ4v) is 2.91. The highest BCUT2D eigenvalue weighted by Gasteiger charge is 2.36. The van der Waals surface area contributed by atoms with E-state index in [-0.39, 0.29) is 6.03 Å². The zero-order valence-corrected chi connectivity index (χ0v) is 15.2. The molecule has 2 amide bonds. The van der Waals surface area contributed by atoms with E-state index >= 15 is 0 Å². The van der Waals surface area contributed by atoms with Crippen molar-refractivity contribution < 1.29 is 9.18 Å². The van der Waals surface area contributed by atoms with E-state index in [0.717, 1.165) is 13.1 Å². The van der Waals surface area contributed by atoms with Gasteiger partial charge >= 0.3 is 6.03 Å². The van der Waals surface area contributed by atoms with Crippen LogP contribution >= 0.6 is 34.8 Å². The van der Waals surface area contributed by atoms with Gasteiger partial charge in [0.25, 0.3) is 0 Å². The molecule has 1 aliphatic rings. The van der Waals surface area contributed by atoms with Crippen LogP contribution in [-0.4, -0.2) is 52.9 Å². The summed E-state index contributed by atoms with van der Waals surface area (Å²) in [7, 11) is 1.99. The number of hydrogen-bond donors (Lipinski definition) is 1. The third-order valence-electron chi connectivity index (χ3n) is 3.91. The quantitative estimate of drug-likeness (QED) is 0.795. The maximum atomic E-state index is 13.8. The molecule has 1 fully saturated rings. The van der Waals surface area contributed by atoms with Gasteiger partial charge in [-0.2, -0.15) is 0 Å². The summed E-state index contributed by atoms with van der Waals surface area (Å²) in [6.07, 6.45) is 0. The lowest BCUT2D eigenvalue weighted by Crippen LogP contribution is -2.52. The van der Waals surface area contributed by atoms with Crippen LogP contribution in [-0.2, 0) is 0 Å². The van der Waals surface area contributed by atoms with Gasteiger partial charge in [0.1, 0.15) is 11.9 Å². The van der Waals surface area contributed by atoms with E-state index in [1.807, 2.05) is 7.05 Å². The van der Waals surface area contributed by atoms with Gasteiger partial charge in [0.2, 0.25) is 3.79 Å². The van der Waals surface area contributed by atoms with Crippen LogP contribution in [0.3, 0.4) is 0 Å². The Morgan fingerprint density at radius 2 is 1.87 bits per heavy atom. The van der Waals surface area contributed by atoms with Gasteiger partial charge in [-0.1, -0.05) is 46.9 Å². The van der Waals surface area contributed by atoms with Gasteiger partial charge in [0, 0.05) is 26.2 Å². The van der Waals surface area contributed by atoms with E-state index in [1.54, 1.807) is 24.0 Å². The van der Waals surface area contributed by atoms with Crippen molar-refractivity contribution in [2.45, 2.75) is 16.8 Å². The van der Waals surface area contributed by atoms with Crippen LogP contribution in [0.1, 0.15) is 17.2 Å². The number of benzene rings is 1. The zero-order valence-electron chi connectivity index (χ0n) is 13.0. The number of piperazine rings is 1. The van der Waals surface area contributed by atoms with Crippen LogP contribution in [0.15, 0.2) is 18.2 Å². The SMILES string of the molecule is Cc1ccc([C@@H](NC(=O)N2CCN(C)CC2)C(Cl)(Cl)Cl)cc1F. The normalized spacial score (nSPS) is 17.9. The topological polar surface area (TPSA) is 35.6 Å². The van der Waals surface area contributed by atoms with E-state index in [1.165, 1.54) is 6.07 Å². The Bertz CT molecular complexity index is 572. The molecule has 1 aromatic carbocycles. The van der Waals surface area contributed by atoms with E-state index < -0.39 is 15.7 Å². The zero-order chi connectivity index (χ0) is 17.2. The van der Waals surface area contributed by atoms with Crippen LogP contribution in [0.25, 0.3) is 0 Å². The number of alkyl halides is 3. The molecule has 0 radical (unpaired) electrons. The molecule has 0 aromatic heterocycles. The third-order valence-corrected chi connectivity index (χ3v) is 4.57. The van der Waals surface area contributed by atoms with Crippen LogP contribution < -0.4 is 5.32 Å². The minimum atomic E-state index is -1.79. The second-order valence-corrected chi connectivity index (χ2v) is 8.09. The summed E-state index contributed by atoms with van der Waals surface area (Å²) < 4.78 is 12.0. The smallest absolute Gasteiger partial charge is 0.318 e. The predicted octanol–water partition coefficient (Wildman–Crippen LogP) is 3.50. The molecule has 1 aliphatic heterocycles. The highest BCUT2D eigenvalue weighted by molar-refractivity contribution is 6.68. The monoisotopic (exact) mass is 381 g/mol. The first-order valence-corrected chi connectivity index (χ1v) is 8.38. The van der Waals surface area contributed by atoms with Crippen molar-refractivity contribution in [1.82, 2.24) is 15.1 Å². The van der Waals surface area contributed by atoms with Gasteiger partial charge in [0.15, 0.2) is 0 Å². The Labute approximate surface area is 150 Å². The van der Waals surface area contributed by atoms with E-state index in [0.29, 0.717) is 24.2 Å². The Hall–Kier alpha value is -0.750. The van der Waals surface area contributed by atoms with E-state index in [9.17, 15) is 9.18 Å². The van der Waals surface area contributed by atoms with Gasteiger partial charge in [-0.15, -0.1) is 0 Å². The molecule has 1 heterocycles. The largest absolute Gasteiger partial charge is 0.327 e. The van der Waals surface area contributed by atoms with Crippen molar-refractivity contribution >= 4 is 40.8 Å². The molecule has 1 N–H and O–H groups in total. The highest BCUT2D eigenvalue weighted by Crippen LogP contribution is 2.40. The second-order valence-electron chi connectivity index (χ2n) is 5.72. The molecule has 0 unspecified atom stereocenters. The fourth-order valence-electron chi connectivity index (χ4n) is 2.37. The third kappa shape index (κ3) is 4.86. The predicted molar refractivity (Wildman–Crippen MR) is 91.8 cm³/mol. The van der Waals surface area contributed by atoms with Gasteiger partial charge in [0.05, 0.1) is 0 Å². The number of halogens is 4. The average Bonchev–Trinajstić information content (AvgIpc) is 2.47. The standard InChI is InChI=1S/C15H19Cl3FN3O/c1-10-3-4-11(9-12(10)19)13(15(16,17)18)20-14(23)22-7-5-21(2)6-8-22/h3-4,9,13H,5-8H2,1-2H3,(H,20,23)/t13-/m1/s1. The number of nitrogens with one attached hydrogen (secondary N) is 1. The Balaban J connectivity index is 2.16. The Kier molecular flexibility index (Phi) is 6.00. The molecule has 1 aromatic rings. The number of likely N-dealkylation sites (N-methyl/N-ethyl adjacent to an activating group) is 1. The number of aryl methyl sites for hydroxylation is 1. The van der Waals surface area contributed by atoms with Gasteiger partial charge in [-0.25, -0.2) is 9.18 Å². The first kappa shape index (κ1) is 18.6. The summed E-state index contributed by atoms with van der Waals surface area (Å²) in [6.45, 7) is 4.40. The van der Waals surface area contributed by atoms with Crippen molar-refractivity contribution in [1.29, 1.82) is 0 Å². The van der Waals surface area contributed by atoms with E-state index in [2.05, 4.69) is 10.2 Å². The molecule has 0 bridgehead atoms. The lowest BCUT2D eigenvalue weighted by molar-refractivity contribution is 0.151.